The van der Waals surface area contributed by atoms with Crippen molar-refractivity contribution in [1.29, 1.82) is 0 Å². The van der Waals surface area contributed by atoms with E-state index in [1.165, 1.54) is 11.3 Å². The Labute approximate surface area is 197 Å². The van der Waals surface area contributed by atoms with Crippen LogP contribution in [-0.2, 0) is 9.53 Å². The largest absolute Gasteiger partial charge is 0.466 e. The monoisotopic (exact) mass is 456 g/mol. The number of nitrogens with zero attached hydrogens (tertiary/aromatic N) is 1. The molecule has 2 aromatic carbocycles. The van der Waals surface area contributed by atoms with Crippen molar-refractivity contribution in [1.82, 2.24) is 10.3 Å². The van der Waals surface area contributed by atoms with Crippen LogP contribution in [0, 0.1) is 0 Å². The van der Waals surface area contributed by atoms with E-state index < -0.39 is 6.04 Å². The van der Waals surface area contributed by atoms with Crippen molar-refractivity contribution >= 4 is 23.2 Å². The second-order valence-corrected chi connectivity index (χ2v) is 8.37. The van der Waals surface area contributed by atoms with Crippen LogP contribution in [0.15, 0.2) is 90.6 Å². The van der Waals surface area contributed by atoms with Gasteiger partial charge in [-0.2, -0.15) is 0 Å². The number of nitrogens with one attached hydrogen (secondary N) is 1. The zero-order chi connectivity index (χ0) is 23.0. The number of carbonyl (C=O) groups is 2. The van der Waals surface area contributed by atoms with Gasteiger partial charge < -0.3 is 10.1 Å². The molecule has 5 nitrogen and oxygen atoms in total. The maximum Gasteiger partial charge on any atom is 0.308 e. The number of hydrogen-bond acceptors (Lipinski definition) is 5. The Hall–Kier alpha value is -3.77. The third-order valence-corrected chi connectivity index (χ3v) is 6.17. The molecule has 1 atom stereocenters. The molecule has 1 N–H and O–H groups in total. The smallest absolute Gasteiger partial charge is 0.308 e. The lowest BCUT2D eigenvalue weighted by atomic mass is 10.0. The van der Waals surface area contributed by atoms with Crippen LogP contribution >= 0.6 is 11.3 Å². The van der Waals surface area contributed by atoms with Gasteiger partial charge in [-0.1, -0.05) is 54.6 Å². The number of esters is 1. The average Bonchev–Trinajstić information content (AvgIpc) is 3.36. The van der Waals surface area contributed by atoms with Gasteiger partial charge in [-0.15, -0.1) is 11.3 Å². The van der Waals surface area contributed by atoms with Crippen molar-refractivity contribution in [3.05, 3.63) is 101 Å². The van der Waals surface area contributed by atoms with Gasteiger partial charge in [0.15, 0.2) is 0 Å². The molecule has 33 heavy (non-hydrogen) atoms. The molecule has 4 rings (SSSR count). The number of aromatic nitrogens is 1. The zero-order valence-electron chi connectivity index (χ0n) is 18.2. The Balaban J connectivity index is 1.48. The molecule has 0 aliphatic carbocycles. The zero-order valence-corrected chi connectivity index (χ0v) is 19.0. The van der Waals surface area contributed by atoms with Gasteiger partial charge in [0.1, 0.15) is 0 Å². The number of ether oxygens (including phenoxy) is 1. The van der Waals surface area contributed by atoms with Gasteiger partial charge in [0.05, 0.1) is 23.9 Å². The second-order valence-electron chi connectivity index (χ2n) is 7.46. The Kier molecular flexibility index (Phi) is 7.27. The quantitative estimate of drug-likeness (QED) is 0.335. The van der Waals surface area contributed by atoms with E-state index in [-0.39, 0.29) is 18.3 Å². The minimum atomic E-state index is -0.456. The predicted molar refractivity (Wildman–Crippen MR) is 131 cm³/mol. The number of amides is 1. The summed E-state index contributed by atoms with van der Waals surface area (Å²) in [5.41, 5.74) is 5.10. The molecule has 1 amide bonds. The Morgan fingerprint density at radius 2 is 1.55 bits per heavy atom. The second kappa shape index (κ2) is 10.7. The van der Waals surface area contributed by atoms with Crippen LogP contribution in [0.4, 0.5) is 0 Å². The maximum absolute atomic E-state index is 13.0. The van der Waals surface area contributed by atoms with E-state index in [0.29, 0.717) is 11.5 Å². The van der Waals surface area contributed by atoms with Crippen LogP contribution in [0.25, 0.3) is 22.3 Å². The summed E-state index contributed by atoms with van der Waals surface area (Å²) in [5, 5.41) is 4.97. The summed E-state index contributed by atoms with van der Waals surface area (Å²) in [4.78, 5) is 29.7. The average molecular weight is 457 g/mol. The molecular formula is C27H24N2O3S. The first-order valence-electron chi connectivity index (χ1n) is 10.7. The fraction of sp³-hybridized carbons (Fsp3) is 0.148. The van der Waals surface area contributed by atoms with Crippen LogP contribution < -0.4 is 5.32 Å². The van der Waals surface area contributed by atoms with E-state index in [1.54, 1.807) is 19.3 Å². The molecule has 0 aliphatic heterocycles. The van der Waals surface area contributed by atoms with Crippen LogP contribution in [0.1, 0.15) is 34.6 Å². The van der Waals surface area contributed by atoms with Crippen LogP contribution in [0.5, 0.6) is 0 Å². The van der Waals surface area contributed by atoms with Crippen molar-refractivity contribution in [3.8, 4) is 22.3 Å². The van der Waals surface area contributed by atoms with Gasteiger partial charge in [-0.25, -0.2) is 0 Å². The number of pyridine rings is 1. The third-order valence-electron chi connectivity index (χ3n) is 5.24. The summed E-state index contributed by atoms with van der Waals surface area (Å²) in [6.07, 6.45) is 3.63. The Bertz CT molecular complexity index is 1210. The molecule has 0 fully saturated rings. The van der Waals surface area contributed by atoms with E-state index in [0.717, 1.165) is 27.8 Å². The minimum absolute atomic E-state index is 0.0816. The topological polar surface area (TPSA) is 68.3 Å². The highest BCUT2D eigenvalue weighted by Crippen LogP contribution is 2.29. The van der Waals surface area contributed by atoms with Gasteiger partial charge in [0.25, 0.3) is 5.91 Å². The Morgan fingerprint density at radius 1 is 0.909 bits per heavy atom. The first-order valence-corrected chi connectivity index (χ1v) is 11.6. The molecule has 2 heterocycles. The SMILES string of the molecule is CCOC(=O)C[C@@H](NC(=O)c1cc(-c2ccc(-c3ccncc3)cc2)cs1)c1ccccc1. The number of rotatable bonds is 8. The van der Waals surface area contributed by atoms with Gasteiger partial charge >= 0.3 is 5.97 Å². The van der Waals surface area contributed by atoms with E-state index in [9.17, 15) is 9.59 Å². The van der Waals surface area contributed by atoms with Crippen molar-refractivity contribution in [2.75, 3.05) is 6.61 Å². The van der Waals surface area contributed by atoms with Gasteiger partial charge in [-0.05, 0) is 58.3 Å². The maximum atomic E-state index is 13.0. The molecule has 0 radical (unpaired) electrons. The molecule has 4 aromatic rings. The molecule has 0 bridgehead atoms. The summed E-state index contributed by atoms with van der Waals surface area (Å²) in [6, 6.07) is 23.1. The highest BCUT2D eigenvalue weighted by molar-refractivity contribution is 7.12. The van der Waals surface area contributed by atoms with Crippen molar-refractivity contribution < 1.29 is 14.3 Å². The van der Waals surface area contributed by atoms with Crippen molar-refractivity contribution in [2.45, 2.75) is 19.4 Å². The normalized spacial score (nSPS) is 11.5. The molecule has 6 heteroatoms. The summed E-state index contributed by atoms with van der Waals surface area (Å²) in [7, 11) is 0. The van der Waals surface area contributed by atoms with Crippen LogP contribution in [0.2, 0.25) is 0 Å². The van der Waals surface area contributed by atoms with Gasteiger partial charge in [0, 0.05) is 12.4 Å². The molecule has 0 aliphatic rings. The third kappa shape index (κ3) is 5.73. The first kappa shape index (κ1) is 22.4. The van der Waals surface area contributed by atoms with E-state index >= 15 is 0 Å². The van der Waals surface area contributed by atoms with E-state index in [2.05, 4.69) is 22.4 Å². The molecule has 2 aromatic heterocycles. The number of benzene rings is 2. The number of carbonyl (C=O) groups excluding carboxylic acids is 2. The van der Waals surface area contributed by atoms with Crippen LogP contribution in [-0.4, -0.2) is 23.5 Å². The lowest BCUT2D eigenvalue weighted by molar-refractivity contribution is -0.143. The summed E-state index contributed by atoms with van der Waals surface area (Å²) < 4.78 is 5.09. The molecule has 166 valence electrons. The first-order chi connectivity index (χ1) is 16.1. The number of hydrogen-bond donors (Lipinski definition) is 1. The van der Waals surface area contributed by atoms with E-state index in [1.807, 2.05) is 66.0 Å². The lowest BCUT2D eigenvalue weighted by Crippen LogP contribution is -2.30. The summed E-state index contributed by atoms with van der Waals surface area (Å²) in [5.74, 6) is -0.550. The van der Waals surface area contributed by atoms with Gasteiger partial charge in [-0.3, -0.25) is 14.6 Å². The standard InChI is InChI=1S/C27H24N2O3S/c1-2-32-26(30)17-24(22-6-4-3-5-7-22)29-27(31)25-16-23(18-33-25)20-10-8-19(9-11-20)21-12-14-28-15-13-21/h3-16,18,24H,2,17H2,1H3,(H,29,31)/t24-/m1/s1. The molecule has 0 spiro atoms. The summed E-state index contributed by atoms with van der Waals surface area (Å²) in [6.45, 7) is 2.08. The Morgan fingerprint density at radius 3 is 2.21 bits per heavy atom. The highest BCUT2D eigenvalue weighted by Gasteiger charge is 2.21. The van der Waals surface area contributed by atoms with Crippen molar-refractivity contribution in [2.24, 2.45) is 0 Å². The van der Waals surface area contributed by atoms with Crippen LogP contribution in [0.3, 0.4) is 0 Å². The fourth-order valence-corrected chi connectivity index (χ4v) is 4.38. The fourth-order valence-electron chi connectivity index (χ4n) is 3.56. The van der Waals surface area contributed by atoms with E-state index in [4.69, 9.17) is 4.74 Å². The van der Waals surface area contributed by atoms with Crippen molar-refractivity contribution in [3.63, 3.8) is 0 Å². The predicted octanol–water partition coefficient (Wildman–Crippen LogP) is 5.90. The molecule has 0 saturated carbocycles. The highest BCUT2D eigenvalue weighted by atomic mass is 32.1. The minimum Gasteiger partial charge on any atom is -0.466 e. The summed E-state index contributed by atoms with van der Waals surface area (Å²) >= 11 is 1.38. The number of thiophene rings is 1. The molecule has 0 unspecified atom stereocenters. The van der Waals surface area contributed by atoms with Gasteiger partial charge in [0.2, 0.25) is 0 Å². The lowest BCUT2D eigenvalue weighted by Gasteiger charge is -2.18. The molecular weight excluding hydrogens is 432 g/mol. The molecule has 0 saturated heterocycles.